The zero-order valence-corrected chi connectivity index (χ0v) is 16.0. The largest absolute Gasteiger partial charge is 0.477 e. The molecule has 0 spiro atoms. The topological polar surface area (TPSA) is 81.4 Å². The summed E-state index contributed by atoms with van der Waals surface area (Å²) >= 11 is 12.0. The summed E-state index contributed by atoms with van der Waals surface area (Å²) in [4.78, 5) is 28.1. The van der Waals surface area contributed by atoms with E-state index < -0.39 is 22.8 Å². The van der Waals surface area contributed by atoms with E-state index in [9.17, 15) is 19.1 Å². The molecule has 3 rings (SSSR count). The first-order valence-corrected chi connectivity index (χ1v) is 8.83. The van der Waals surface area contributed by atoms with E-state index in [4.69, 9.17) is 27.9 Å². The highest BCUT2D eigenvalue weighted by atomic mass is 35.5. The maximum Gasteiger partial charge on any atom is 0.341 e. The Labute approximate surface area is 168 Å². The van der Waals surface area contributed by atoms with E-state index in [0.29, 0.717) is 5.56 Å². The van der Waals surface area contributed by atoms with Gasteiger partial charge in [-0.1, -0.05) is 29.3 Å². The number of ether oxygens (including phenoxy) is 1. The molecule has 1 aromatic carbocycles. The van der Waals surface area contributed by atoms with Gasteiger partial charge in [0.15, 0.2) is 0 Å². The van der Waals surface area contributed by atoms with Crippen molar-refractivity contribution in [3.8, 4) is 23.0 Å². The van der Waals surface area contributed by atoms with Crippen molar-refractivity contribution in [3.05, 3.63) is 74.2 Å². The molecule has 6 nitrogen and oxygen atoms in total. The Balaban J connectivity index is 2.26. The molecule has 0 atom stereocenters. The van der Waals surface area contributed by atoms with Crippen LogP contribution in [0.5, 0.6) is 11.8 Å². The lowest BCUT2D eigenvalue weighted by molar-refractivity contribution is 0.0695. The molecule has 28 heavy (non-hydrogen) atoms. The van der Waals surface area contributed by atoms with E-state index in [2.05, 4.69) is 4.98 Å². The Morgan fingerprint density at radius 3 is 2.54 bits per heavy atom. The van der Waals surface area contributed by atoms with Crippen LogP contribution in [0.4, 0.5) is 4.39 Å². The van der Waals surface area contributed by atoms with Gasteiger partial charge in [0.05, 0.1) is 21.9 Å². The highest BCUT2D eigenvalue weighted by molar-refractivity contribution is 6.42. The van der Waals surface area contributed by atoms with Crippen molar-refractivity contribution >= 4 is 29.2 Å². The van der Waals surface area contributed by atoms with Gasteiger partial charge in [-0.15, -0.1) is 0 Å². The fraction of sp³-hybridized carbons (Fsp3) is 0.105. The van der Waals surface area contributed by atoms with Crippen molar-refractivity contribution < 1.29 is 19.0 Å². The molecule has 0 bridgehead atoms. The molecule has 9 heteroatoms. The minimum Gasteiger partial charge on any atom is -0.477 e. The first-order chi connectivity index (χ1) is 13.3. The Morgan fingerprint density at radius 2 is 1.96 bits per heavy atom. The number of nitrogens with zero attached hydrogens (tertiary/aromatic N) is 2. The van der Waals surface area contributed by atoms with E-state index in [0.717, 1.165) is 18.3 Å². The van der Waals surface area contributed by atoms with Crippen LogP contribution in [0.3, 0.4) is 0 Å². The van der Waals surface area contributed by atoms with Gasteiger partial charge in [0.25, 0.3) is 0 Å². The predicted molar refractivity (Wildman–Crippen MR) is 103 cm³/mol. The van der Waals surface area contributed by atoms with Crippen molar-refractivity contribution in [2.75, 3.05) is 0 Å². The molecule has 0 saturated heterocycles. The Kier molecular flexibility index (Phi) is 5.67. The quantitative estimate of drug-likeness (QED) is 0.634. The van der Waals surface area contributed by atoms with Crippen molar-refractivity contribution in [1.82, 2.24) is 9.55 Å². The molecule has 144 valence electrons. The molecule has 0 aliphatic rings. The van der Waals surface area contributed by atoms with E-state index >= 15 is 0 Å². The summed E-state index contributed by atoms with van der Waals surface area (Å²) in [7, 11) is 0. The zero-order chi connectivity index (χ0) is 20.4. The van der Waals surface area contributed by atoms with Gasteiger partial charge in [0.2, 0.25) is 17.2 Å². The number of hydrogen-bond donors (Lipinski definition) is 1. The third kappa shape index (κ3) is 3.85. The summed E-state index contributed by atoms with van der Waals surface area (Å²) in [5.74, 6) is -1.83. The van der Waals surface area contributed by atoms with Gasteiger partial charge in [-0.2, -0.15) is 0 Å². The van der Waals surface area contributed by atoms with E-state index in [1.54, 1.807) is 13.0 Å². The maximum absolute atomic E-state index is 13.1. The van der Waals surface area contributed by atoms with Gasteiger partial charge >= 0.3 is 5.97 Å². The Morgan fingerprint density at radius 1 is 1.21 bits per heavy atom. The number of benzene rings is 1. The van der Waals surface area contributed by atoms with Gasteiger partial charge in [0.1, 0.15) is 11.4 Å². The molecule has 2 heterocycles. The average Bonchev–Trinajstić information content (AvgIpc) is 2.65. The highest BCUT2D eigenvalue weighted by Crippen LogP contribution is 2.32. The fourth-order valence-corrected chi connectivity index (χ4v) is 3.00. The minimum atomic E-state index is -1.39. The summed E-state index contributed by atoms with van der Waals surface area (Å²) in [6, 6.07) is 8.04. The second kappa shape index (κ2) is 8.00. The smallest absolute Gasteiger partial charge is 0.341 e. The lowest BCUT2D eigenvalue weighted by atomic mass is 10.0. The van der Waals surface area contributed by atoms with E-state index in [1.807, 2.05) is 0 Å². The van der Waals surface area contributed by atoms with Crippen LogP contribution in [-0.4, -0.2) is 20.6 Å². The molecule has 2 aromatic heterocycles. The van der Waals surface area contributed by atoms with Crippen LogP contribution in [-0.2, 0) is 6.54 Å². The molecule has 3 aromatic rings. The van der Waals surface area contributed by atoms with Gasteiger partial charge in [-0.25, -0.2) is 14.2 Å². The molecular formula is C19H13Cl2FN2O4. The molecule has 0 saturated carbocycles. The molecule has 0 amide bonds. The molecule has 0 fully saturated rings. The van der Waals surface area contributed by atoms with Crippen LogP contribution >= 0.6 is 23.2 Å². The molecule has 0 unspecified atom stereocenters. The number of rotatable bonds is 5. The van der Waals surface area contributed by atoms with Crippen LogP contribution < -0.4 is 10.2 Å². The zero-order valence-electron chi connectivity index (χ0n) is 14.4. The summed E-state index contributed by atoms with van der Waals surface area (Å²) in [6.07, 6.45) is 0.967. The van der Waals surface area contributed by atoms with Crippen molar-refractivity contribution in [3.63, 3.8) is 0 Å². The Bertz CT molecular complexity index is 1110. The van der Waals surface area contributed by atoms with Crippen molar-refractivity contribution in [2.45, 2.75) is 13.5 Å². The fourth-order valence-electron chi connectivity index (χ4n) is 2.70. The van der Waals surface area contributed by atoms with E-state index in [1.165, 1.54) is 22.8 Å². The standard InChI is InChI=1S/C19H13Cl2FN2O4/c1-2-24-16(28-15-6-4-11(22)9-23-15)8-14(25)17(19(26)27)18(24)10-3-5-12(20)13(21)7-10/h3-9H,2H2,1H3,(H,26,27). The predicted octanol–water partition coefficient (Wildman–Crippen LogP) is 4.87. The monoisotopic (exact) mass is 422 g/mol. The maximum atomic E-state index is 13.1. The van der Waals surface area contributed by atoms with Gasteiger partial charge in [-0.3, -0.25) is 4.79 Å². The molecular weight excluding hydrogens is 410 g/mol. The third-order valence-corrected chi connectivity index (χ3v) is 4.65. The number of carbonyl (C=O) groups is 1. The third-order valence-electron chi connectivity index (χ3n) is 3.91. The van der Waals surface area contributed by atoms with Crippen LogP contribution in [0.2, 0.25) is 10.0 Å². The van der Waals surface area contributed by atoms with Crippen molar-refractivity contribution in [2.24, 2.45) is 0 Å². The lowest BCUT2D eigenvalue weighted by Gasteiger charge is -2.19. The number of halogens is 3. The normalized spacial score (nSPS) is 10.7. The number of pyridine rings is 2. The number of aromatic nitrogens is 2. The summed E-state index contributed by atoms with van der Waals surface area (Å²) in [6.45, 7) is 2.02. The lowest BCUT2D eigenvalue weighted by Crippen LogP contribution is -2.21. The summed E-state index contributed by atoms with van der Waals surface area (Å²) in [5, 5.41) is 10.1. The molecule has 0 aliphatic carbocycles. The van der Waals surface area contributed by atoms with Crippen LogP contribution in [0.15, 0.2) is 47.4 Å². The molecule has 0 aliphatic heterocycles. The summed E-state index contributed by atoms with van der Waals surface area (Å²) < 4.78 is 20.2. The molecule has 0 radical (unpaired) electrons. The van der Waals surface area contributed by atoms with E-state index in [-0.39, 0.29) is 34.0 Å². The number of carboxylic acids is 1. The van der Waals surface area contributed by atoms with Gasteiger partial charge in [0, 0.05) is 24.2 Å². The Hall–Kier alpha value is -2.90. The minimum absolute atomic E-state index is 0.0474. The highest BCUT2D eigenvalue weighted by Gasteiger charge is 2.23. The van der Waals surface area contributed by atoms with Crippen LogP contribution in [0.25, 0.3) is 11.3 Å². The average molecular weight is 423 g/mol. The number of hydrogen-bond acceptors (Lipinski definition) is 4. The summed E-state index contributed by atoms with van der Waals surface area (Å²) in [5.41, 5.74) is -0.698. The first kappa shape index (κ1) is 19.9. The number of carboxylic acid groups (broad SMARTS) is 1. The van der Waals surface area contributed by atoms with Gasteiger partial charge in [-0.05, 0) is 25.1 Å². The van der Waals surface area contributed by atoms with Gasteiger partial charge < -0.3 is 14.4 Å². The SMILES string of the molecule is CCn1c(Oc2ccc(F)cn2)cc(=O)c(C(=O)O)c1-c1ccc(Cl)c(Cl)c1. The second-order valence-corrected chi connectivity index (χ2v) is 6.48. The first-order valence-electron chi connectivity index (χ1n) is 8.07. The second-order valence-electron chi connectivity index (χ2n) is 5.67. The number of aromatic carboxylic acids is 1. The van der Waals surface area contributed by atoms with Crippen molar-refractivity contribution in [1.29, 1.82) is 0 Å². The molecule has 1 N–H and O–H groups in total. The van der Waals surface area contributed by atoms with Crippen LogP contribution in [0, 0.1) is 5.82 Å². The van der Waals surface area contributed by atoms with Crippen LogP contribution in [0.1, 0.15) is 17.3 Å².